The normalized spacial score (nSPS) is 42.9. The van der Waals surface area contributed by atoms with E-state index >= 15 is 0 Å². The minimum atomic E-state index is -0.231. The maximum Gasteiger partial charge on any atom is 0.251 e. The average molecular weight is 346 g/mol. The van der Waals surface area contributed by atoms with Gasteiger partial charge in [0, 0.05) is 32.8 Å². The van der Waals surface area contributed by atoms with Gasteiger partial charge in [-0.05, 0) is 69.1 Å². The average Bonchev–Trinajstić information content (AvgIpc) is 3.14. The van der Waals surface area contributed by atoms with Gasteiger partial charge in [0.25, 0.3) is 5.91 Å². The summed E-state index contributed by atoms with van der Waals surface area (Å²) in [4.78, 5) is 29.9. The lowest BCUT2D eigenvalue weighted by Gasteiger charge is -2.57. The summed E-state index contributed by atoms with van der Waals surface area (Å²) in [7, 11) is 0. The third kappa shape index (κ3) is 2.70. The molecule has 2 amide bonds. The van der Waals surface area contributed by atoms with Gasteiger partial charge >= 0.3 is 0 Å². The highest BCUT2D eigenvalue weighted by atomic mass is 16.5. The van der Waals surface area contributed by atoms with E-state index in [1.807, 2.05) is 4.90 Å². The van der Waals surface area contributed by atoms with Crippen LogP contribution in [0, 0.1) is 23.2 Å². The molecule has 6 aliphatic rings. The summed E-state index contributed by atoms with van der Waals surface area (Å²) in [6.45, 7) is 3.48. The number of carbonyl (C=O) groups is 2. The number of nitrogens with zero attached hydrogens (tertiary/aromatic N) is 2. The predicted octanol–water partition coefficient (Wildman–Crippen LogP) is 2.05. The van der Waals surface area contributed by atoms with Crippen LogP contribution in [0.15, 0.2) is 0 Å². The van der Waals surface area contributed by atoms with E-state index in [0.29, 0.717) is 38.7 Å². The molecule has 2 heterocycles. The van der Waals surface area contributed by atoms with Crippen LogP contribution < -0.4 is 0 Å². The van der Waals surface area contributed by atoms with E-state index in [-0.39, 0.29) is 17.4 Å². The first-order valence-corrected chi connectivity index (χ1v) is 10.3. The van der Waals surface area contributed by atoms with Crippen LogP contribution in [0.5, 0.6) is 0 Å². The van der Waals surface area contributed by atoms with Crippen LogP contribution in [-0.4, -0.2) is 60.5 Å². The monoisotopic (exact) mass is 346 g/mol. The van der Waals surface area contributed by atoms with Gasteiger partial charge in [0.15, 0.2) is 0 Å². The molecule has 4 aliphatic carbocycles. The van der Waals surface area contributed by atoms with E-state index in [1.54, 1.807) is 0 Å². The fourth-order valence-corrected chi connectivity index (χ4v) is 6.81. The third-order valence-electron chi connectivity index (χ3n) is 7.58. The van der Waals surface area contributed by atoms with Gasteiger partial charge in [-0.25, -0.2) is 0 Å². The Kier molecular flexibility index (Phi) is 3.84. The SMILES string of the molecule is O=C([C@H]1CCCO1)N1CCN(C(=O)C23CC4CC(CC(C4)C2)C3)CC1. The standard InChI is InChI=1S/C20H30N2O3/c23-18(17-2-1-7-25-17)21-3-5-22(6-4-21)19(24)20-11-14-8-15(12-20)10-16(9-14)13-20/h14-17H,1-13H2/t14?,15?,16?,17-,20?/m1/s1. The zero-order valence-electron chi connectivity index (χ0n) is 15.1. The van der Waals surface area contributed by atoms with Crippen LogP contribution >= 0.6 is 0 Å². The van der Waals surface area contributed by atoms with Gasteiger partial charge < -0.3 is 14.5 Å². The fourth-order valence-electron chi connectivity index (χ4n) is 6.81. The first-order chi connectivity index (χ1) is 12.1. The highest BCUT2D eigenvalue weighted by molar-refractivity contribution is 5.84. The Hall–Kier alpha value is -1.10. The van der Waals surface area contributed by atoms with Gasteiger partial charge in [-0.3, -0.25) is 9.59 Å². The fraction of sp³-hybridized carbons (Fsp3) is 0.900. The smallest absolute Gasteiger partial charge is 0.251 e. The van der Waals surface area contributed by atoms with Crippen molar-refractivity contribution in [2.45, 2.75) is 57.5 Å². The molecule has 0 aromatic carbocycles. The number of carbonyl (C=O) groups excluding carboxylic acids is 2. The maximum atomic E-state index is 13.4. The lowest BCUT2D eigenvalue weighted by Crippen LogP contribution is -2.59. The summed E-state index contributed by atoms with van der Waals surface area (Å²) >= 11 is 0. The van der Waals surface area contributed by atoms with Crippen molar-refractivity contribution in [3.63, 3.8) is 0 Å². The molecule has 1 atom stereocenters. The minimum Gasteiger partial charge on any atom is -0.368 e. The van der Waals surface area contributed by atoms with Crippen molar-refractivity contribution in [3.05, 3.63) is 0 Å². The Labute approximate surface area is 150 Å². The largest absolute Gasteiger partial charge is 0.368 e. The summed E-state index contributed by atoms with van der Waals surface area (Å²) in [5.74, 6) is 2.96. The zero-order chi connectivity index (χ0) is 17.0. The summed E-state index contributed by atoms with van der Waals surface area (Å²) in [5, 5.41) is 0. The lowest BCUT2D eigenvalue weighted by atomic mass is 9.49. The third-order valence-corrected chi connectivity index (χ3v) is 7.58. The second kappa shape index (κ2) is 5.97. The molecule has 2 aliphatic heterocycles. The van der Waals surface area contributed by atoms with Crippen LogP contribution in [0.1, 0.15) is 51.4 Å². The van der Waals surface area contributed by atoms with E-state index in [1.165, 1.54) is 19.3 Å². The quantitative estimate of drug-likeness (QED) is 0.769. The Bertz CT molecular complexity index is 526. The Morgan fingerprint density at radius 2 is 1.40 bits per heavy atom. The van der Waals surface area contributed by atoms with E-state index in [0.717, 1.165) is 49.9 Å². The van der Waals surface area contributed by atoms with Crippen molar-refractivity contribution in [3.8, 4) is 0 Å². The number of rotatable bonds is 2. The molecule has 0 aromatic heterocycles. The topological polar surface area (TPSA) is 49.9 Å². The lowest BCUT2D eigenvalue weighted by molar-refractivity contribution is -0.161. The minimum absolute atomic E-state index is 0.0461. The molecule has 0 radical (unpaired) electrons. The molecule has 0 aromatic rings. The van der Waals surface area contributed by atoms with Gasteiger partial charge in [0.05, 0.1) is 5.41 Å². The van der Waals surface area contributed by atoms with Crippen molar-refractivity contribution in [2.24, 2.45) is 23.2 Å². The van der Waals surface area contributed by atoms with Crippen LogP contribution in [-0.2, 0) is 14.3 Å². The van der Waals surface area contributed by atoms with Crippen LogP contribution in [0.2, 0.25) is 0 Å². The molecule has 4 saturated carbocycles. The molecule has 2 saturated heterocycles. The first-order valence-electron chi connectivity index (χ1n) is 10.3. The number of ether oxygens (including phenoxy) is 1. The molecule has 4 bridgehead atoms. The highest BCUT2D eigenvalue weighted by Gasteiger charge is 2.55. The van der Waals surface area contributed by atoms with Crippen molar-refractivity contribution < 1.29 is 14.3 Å². The zero-order valence-corrected chi connectivity index (χ0v) is 15.1. The molecule has 0 unspecified atom stereocenters. The molecule has 5 nitrogen and oxygen atoms in total. The van der Waals surface area contributed by atoms with E-state index < -0.39 is 0 Å². The maximum absolute atomic E-state index is 13.4. The van der Waals surface area contributed by atoms with E-state index in [2.05, 4.69) is 4.90 Å². The molecule has 0 N–H and O–H groups in total. The van der Waals surface area contributed by atoms with Crippen molar-refractivity contribution in [1.29, 1.82) is 0 Å². The van der Waals surface area contributed by atoms with Crippen molar-refractivity contribution in [2.75, 3.05) is 32.8 Å². The second-order valence-electron chi connectivity index (χ2n) is 9.32. The van der Waals surface area contributed by atoms with Crippen LogP contribution in [0.3, 0.4) is 0 Å². The number of piperazine rings is 1. The number of hydrogen-bond donors (Lipinski definition) is 0. The molecule has 0 spiro atoms. The first kappa shape index (κ1) is 16.1. The number of amides is 2. The summed E-state index contributed by atoms with van der Waals surface area (Å²) in [6.07, 6.45) is 9.12. The van der Waals surface area contributed by atoms with Crippen LogP contribution in [0.4, 0.5) is 0 Å². The molecular formula is C20H30N2O3. The molecule has 6 rings (SSSR count). The summed E-state index contributed by atoms with van der Waals surface area (Å²) in [6, 6.07) is 0. The predicted molar refractivity (Wildman–Crippen MR) is 92.7 cm³/mol. The van der Waals surface area contributed by atoms with Crippen molar-refractivity contribution >= 4 is 11.8 Å². The Balaban J connectivity index is 1.22. The molecule has 6 fully saturated rings. The van der Waals surface area contributed by atoms with Gasteiger partial charge in [-0.2, -0.15) is 0 Å². The summed E-state index contributed by atoms with van der Waals surface area (Å²) < 4.78 is 5.54. The summed E-state index contributed by atoms with van der Waals surface area (Å²) in [5.41, 5.74) is -0.0461. The molecule has 25 heavy (non-hydrogen) atoms. The van der Waals surface area contributed by atoms with Crippen LogP contribution in [0.25, 0.3) is 0 Å². The van der Waals surface area contributed by atoms with Gasteiger partial charge in [-0.1, -0.05) is 0 Å². The van der Waals surface area contributed by atoms with E-state index in [4.69, 9.17) is 4.74 Å². The van der Waals surface area contributed by atoms with E-state index in [9.17, 15) is 9.59 Å². The van der Waals surface area contributed by atoms with Gasteiger partial charge in [0.1, 0.15) is 6.10 Å². The van der Waals surface area contributed by atoms with Gasteiger partial charge in [0.2, 0.25) is 5.91 Å². The molecular weight excluding hydrogens is 316 g/mol. The second-order valence-corrected chi connectivity index (χ2v) is 9.32. The molecule has 138 valence electrons. The molecule has 5 heteroatoms. The Morgan fingerprint density at radius 1 is 0.840 bits per heavy atom. The van der Waals surface area contributed by atoms with Crippen molar-refractivity contribution in [1.82, 2.24) is 9.80 Å². The van der Waals surface area contributed by atoms with Gasteiger partial charge in [-0.15, -0.1) is 0 Å². The Morgan fingerprint density at radius 3 is 1.92 bits per heavy atom. The highest BCUT2D eigenvalue weighted by Crippen LogP contribution is 2.60. The number of hydrogen-bond acceptors (Lipinski definition) is 3.